The largest absolute Gasteiger partial charge is 0.378 e. The Kier molecular flexibility index (Phi) is 3.52. The van der Waals surface area contributed by atoms with Crippen LogP contribution in [0.5, 0.6) is 0 Å². The maximum absolute atomic E-state index is 13.0. The van der Waals surface area contributed by atoms with Crippen molar-refractivity contribution in [3.8, 4) is 0 Å². The Hall–Kier alpha value is 0.0700. The summed E-state index contributed by atoms with van der Waals surface area (Å²) in [5.41, 5.74) is 0. The first-order valence-corrected chi connectivity index (χ1v) is 8.99. The quantitative estimate of drug-likeness (QED) is 0.750. The fourth-order valence-corrected chi connectivity index (χ4v) is 5.34. The minimum atomic E-state index is -3.28. The lowest BCUT2D eigenvalue weighted by Crippen LogP contribution is -2.33. The summed E-state index contributed by atoms with van der Waals surface area (Å²) in [6.45, 7) is 1.15. The van der Waals surface area contributed by atoms with Gasteiger partial charge in [-0.25, -0.2) is 0 Å². The van der Waals surface area contributed by atoms with Gasteiger partial charge in [-0.1, -0.05) is 6.92 Å². The molecule has 3 aliphatic rings. The van der Waals surface area contributed by atoms with Crippen molar-refractivity contribution in [2.75, 3.05) is 25.9 Å². The van der Waals surface area contributed by atoms with Gasteiger partial charge in [-0.05, 0) is 31.6 Å². The van der Waals surface area contributed by atoms with Gasteiger partial charge >= 0.3 is 7.60 Å². The zero-order chi connectivity index (χ0) is 16.6. The van der Waals surface area contributed by atoms with Crippen molar-refractivity contribution in [3.63, 3.8) is 0 Å². The predicted molar refractivity (Wildman–Crippen MR) is 75.0 cm³/mol. The third-order valence-corrected chi connectivity index (χ3v) is 6.38. The normalized spacial score (nSPS) is 59.0. The summed E-state index contributed by atoms with van der Waals surface area (Å²) in [6.07, 6.45) is 0.918. The summed E-state index contributed by atoms with van der Waals surface area (Å²) in [7, 11) is -3.28. The summed E-state index contributed by atoms with van der Waals surface area (Å²) >= 11 is 0. The molecule has 20 heavy (non-hydrogen) atoms. The van der Waals surface area contributed by atoms with Crippen molar-refractivity contribution in [2.45, 2.75) is 51.4 Å². The average molecular weight is 309 g/mol. The first-order chi connectivity index (χ1) is 10.9. The van der Waals surface area contributed by atoms with E-state index in [-0.39, 0.29) is 31.0 Å². The van der Waals surface area contributed by atoms with E-state index in [1.807, 2.05) is 0 Å². The SMILES string of the molecule is [2H]C[C@H]1O[C@@H]([3H])C[C@@H]1O[P@@]1(=O)C[C@@H]([C@H]2O[C@@H]([3H])C[C@@H]2C)CCO1. The molecule has 116 valence electrons. The molecule has 3 saturated heterocycles. The van der Waals surface area contributed by atoms with Crippen molar-refractivity contribution in [3.05, 3.63) is 0 Å². The van der Waals surface area contributed by atoms with Crippen LogP contribution >= 0.6 is 7.60 Å². The molecule has 6 heteroatoms. The maximum Gasteiger partial charge on any atom is 0.331 e. The second-order valence-electron chi connectivity index (χ2n) is 5.88. The Morgan fingerprint density at radius 1 is 1.35 bits per heavy atom. The van der Waals surface area contributed by atoms with Gasteiger partial charge in [0.25, 0.3) is 0 Å². The van der Waals surface area contributed by atoms with Crippen LogP contribution in [0, 0.1) is 11.8 Å². The minimum Gasteiger partial charge on any atom is -0.378 e. The minimum absolute atomic E-state index is 0.0211. The molecule has 0 amide bonds. The van der Waals surface area contributed by atoms with Crippen LogP contribution in [0.15, 0.2) is 0 Å². The Balaban J connectivity index is 1.64. The fraction of sp³-hybridized carbons (Fsp3) is 1.00. The lowest BCUT2D eigenvalue weighted by molar-refractivity contribution is 0.0207. The summed E-state index contributed by atoms with van der Waals surface area (Å²) < 4.78 is 58.0. The van der Waals surface area contributed by atoms with Crippen LogP contribution in [0.3, 0.4) is 0 Å². The highest BCUT2D eigenvalue weighted by Gasteiger charge is 2.43. The first kappa shape index (κ1) is 11.6. The van der Waals surface area contributed by atoms with Gasteiger partial charge in [0, 0.05) is 21.0 Å². The van der Waals surface area contributed by atoms with E-state index in [9.17, 15) is 4.57 Å². The van der Waals surface area contributed by atoms with Crippen LogP contribution in [-0.4, -0.2) is 44.2 Å². The van der Waals surface area contributed by atoms with Crippen molar-refractivity contribution in [1.82, 2.24) is 0 Å². The molecule has 3 fully saturated rings. The molecule has 0 spiro atoms. The van der Waals surface area contributed by atoms with Crippen LogP contribution < -0.4 is 0 Å². The second kappa shape index (κ2) is 6.05. The van der Waals surface area contributed by atoms with Gasteiger partial charge in [0.05, 0.1) is 33.8 Å². The van der Waals surface area contributed by atoms with Crippen molar-refractivity contribution in [1.29, 1.82) is 0 Å². The van der Waals surface area contributed by atoms with Gasteiger partial charge in [-0.3, -0.25) is 4.57 Å². The molecular formula is C14H25O5P. The summed E-state index contributed by atoms with van der Waals surface area (Å²) in [5, 5.41) is 0. The van der Waals surface area contributed by atoms with Crippen LogP contribution in [0.1, 0.15) is 37.2 Å². The maximum atomic E-state index is 13.0. The number of rotatable bonds is 3. The van der Waals surface area contributed by atoms with E-state index in [1.54, 1.807) is 0 Å². The van der Waals surface area contributed by atoms with Crippen LogP contribution in [0.4, 0.5) is 0 Å². The molecule has 3 heterocycles. The highest BCUT2D eigenvalue weighted by molar-refractivity contribution is 7.53. The molecule has 0 saturated carbocycles. The van der Waals surface area contributed by atoms with Crippen LogP contribution in [-0.2, 0) is 23.1 Å². The molecular weight excluding hydrogens is 279 g/mol. The number of hydrogen-bond donors (Lipinski definition) is 0. The predicted octanol–water partition coefficient (Wildman–Crippen LogP) is 2.84. The van der Waals surface area contributed by atoms with Gasteiger partial charge < -0.3 is 18.5 Å². The lowest BCUT2D eigenvalue weighted by atomic mass is 9.91. The Labute approximate surface area is 125 Å². The Bertz CT molecular complexity index is 468. The molecule has 8 atom stereocenters. The fourth-order valence-electron chi connectivity index (χ4n) is 3.11. The summed E-state index contributed by atoms with van der Waals surface area (Å²) in [4.78, 5) is 0. The third kappa shape index (κ3) is 3.12. The Morgan fingerprint density at radius 2 is 2.20 bits per heavy atom. The molecule has 0 aliphatic carbocycles. The third-order valence-electron chi connectivity index (χ3n) is 4.29. The first-order valence-electron chi connectivity index (χ1n) is 9.13. The van der Waals surface area contributed by atoms with Gasteiger partial charge in [-0.2, -0.15) is 0 Å². The van der Waals surface area contributed by atoms with E-state index < -0.39 is 33.0 Å². The summed E-state index contributed by atoms with van der Waals surface area (Å²) in [6, 6.07) is 0. The highest BCUT2D eigenvalue weighted by atomic mass is 31.2. The standard InChI is InChI=1S/C14H25O5P/c1-10-3-6-17-14(10)12-4-8-18-20(15,9-12)19-13-5-7-16-11(13)2/h10-14H,3-9H2,1-2H3/t10-,11+,12-,13-,14-,20+/m0/s1/i2D,6T,7T/t6-,7-,10-,11+,12-,13-,14-,20+. The van der Waals surface area contributed by atoms with E-state index >= 15 is 0 Å². The number of ether oxygens (including phenoxy) is 2. The molecule has 0 aromatic carbocycles. The van der Waals surface area contributed by atoms with Gasteiger partial charge in [0.15, 0.2) is 0 Å². The van der Waals surface area contributed by atoms with E-state index in [1.165, 1.54) is 0 Å². The van der Waals surface area contributed by atoms with E-state index in [0.717, 1.165) is 6.42 Å². The smallest absolute Gasteiger partial charge is 0.331 e. The van der Waals surface area contributed by atoms with Gasteiger partial charge in [0.2, 0.25) is 0 Å². The highest BCUT2D eigenvalue weighted by Crippen LogP contribution is 2.56. The average Bonchev–Trinajstić information content (AvgIpc) is 3.00. The molecule has 3 rings (SSSR count). The molecule has 0 bridgehead atoms. The zero-order valence-corrected chi connectivity index (χ0v) is 12.7. The molecule has 0 N–H and O–H groups in total. The zero-order valence-electron chi connectivity index (χ0n) is 14.8. The molecule has 5 nitrogen and oxygen atoms in total. The molecule has 3 aliphatic heterocycles. The molecule has 0 unspecified atom stereocenters. The Morgan fingerprint density at radius 3 is 2.95 bits per heavy atom. The molecule has 0 radical (unpaired) electrons. The monoisotopic (exact) mass is 309 g/mol. The topological polar surface area (TPSA) is 54.0 Å². The van der Waals surface area contributed by atoms with Crippen molar-refractivity contribution < 1.29 is 27.2 Å². The van der Waals surface area contributed by atoms with Gasteiger partial charge in [0.1, 0.15) is 0 Å². The van der Waals surface area contributed by atoms with E-state index in [2.05, 4.69) is 6.92 Å². The lowest BCUT2D eigenvalue weighted by Gasteiger charge is -2.34. The molecule has 0 aromatic heterocycles. The van der Waals surface area contributed by atoms with Crippen LogP contribution in [0.2, 0.25) is 0 Å². The molecule has 0 aromatic rings. The number of hydrogen-bond acceptors (Lipinski definition) is 5. The second-order valence-corrected chi connectivity index (χ2v) is 7.93. The van der Waals surface area contributed by atoms with E-state index in [0.29, 0.717) is 19.4 Å². The van der Waals surface area contributed by atoms with Crippen LogP contribution in [0.25, 0.3) is 0 Å². The van der Waals surface area contributed by atoms with Crippen molar-refractivity contribution in [2.24, 2.45) is 11.8 Å². The van der Waals surface area contributed by atoms with Gasteiger partial charge in [-0.15, -0.1) is 0 Å². The van der Waals surface area contributed by atoms with Crippen molar-refractivity contribution >= 4 is 7.60 Å². The summed E-state index contributed by atoms with van der Waals surface area (Å²) in [5.74, 6) is 0.325. The van der Waals surface area contributed by atoms with E-state index in [4.69, 9.17) is 22.6 Å².